The molecule has 1 heterocycles. The van der Waals surface area contributed by atoms with Crippen molar-refractivity contribution in [2.75, 3.05) is 5.75 Å². The molecule has 0 spiro atoms. The fourth-order valence-corrected chi connectivity index (χ4v) is 3.95. The summed E-state index contributed by atoms with van der Waals surface area (Å²) in [5.41, 5.74) is 0.727. The van der Waals surface area contributed by atoms with Gasteiger partial charge >= 0.3 is 0 Å². The Bertz CT molecular complexity index is 644. The maximum Gasteiger partial charge on any atom is 0.232 e. The number of rotatable bonds is 6. The van der Waals surface area contributed by atoms with Crippen LogP contribution < -0.4 is 5.32 Å². The van der Waals surface area contributed by atoms with Gasteiger partial charge in [-0.15, -0.1) is 11.3 Å². The molecule has 1 aromatic carbocycles. The molecule has 2 rings (SSSR count). The van der Waals surface area contributed by atoms with Crippen LogP contribution in [0.3, 0.4) is 0 Å². The summed E-state index contributed by atoms with van der Waals surface area (Å²) in [6, 6.07) is 8.89. The smallest absolute Gasteiger partial charge is 0.232 e. The predicted molar refractivity (Wildman–Crippen MR) is 89.3 cm³/mol. The van der Waals surface area contributed by atoms with Gasteiger partial charge in [0.2, 0.25) is 5.91 Å². The Morgan fingerprint density at radius 2 is 2.10 bits per heavy atom. The highest BCUT2D eigenvalue weighted by Gasteiger charge is 2.11. The van der Waals surface area contributed by atoms with Gasteiger partial charge in [0.25, 0.3) is 0 Å². The minimum absolute atomic E-state index is 0.0374. The van der Waals surface area contributed by atoms with Crippen molar-refractivity contribution in [1.29, 1.82) is 0 Å². The number of carbonyl (C=O) groups excluding carboxylic acids is 1. The maximum absolute atomic E-state index is 12.0. The van der Waals surface area contributed by atoms with E-state index in [1.807, 2.05) is 17.5 Å². The lowest BCUT2D eigenvalue weighted by Crippen LogP contribution is -2.27. The van der Waals surface area contributed by atoms with E-state index in [4.69, 9.17) is 23.2 Å². The number of benzene rings is 1. The van der Waals surface area contributed by atoms with E-state index < -0.39 is 10.8 Å². The van der Waals surface area contributed by atoms with E-state index in [-0.39, 0.29) is 17.4 Å². The summed E-state index contributed by atoms with van der Waals surface area (Å²) in [6.45, 7) is 0.468. The molecular weight excluding hydrogens is 349 g/mol. The van der Waals surface area contributed by atoms with Crippen molar-refractivity contribution in [3.05, 3.63) is 56.2 Å². The number of amides is 1. The number of carbonyl (C=O) groups is 1. The first-order chi connectivity index (χ1) is 10.0. The highest BCUT2D eigenvalue weighted by atomic mass is 35.5. The zero-order chi connectivity index (χ0) is 15.2. The van der Waals surface area contributed by atoms with Crippen molar-refractivity contribution >= 4 is 51.2 Å². The lowest BCUT2D eigenvalue weighted by atomic mass is 10.2. The first kappa shape index (κ1) is 16.5. The second-order valence-corrected chi connectivity index (χ2v) is 7.65. The maximum atomic E-state index is 12.0. The molecule has 2 aromatic rings. The third-order valence-electron chi connectivity index (χ3n) is 2.66. The average molecular weight is 362 g/mol. The summed E-state index contributed by atoms with van der Waals surface area (Å²) in [4.78, 5) is 12.8. The van der Waals surface area contributed by atoms with Crippen LogP contribution in [0.15, 0.2) is 35.7 Å². The zero-order valence-corrected chi connectivity index (χ0v) is 14.1. The van der Waals surface area contributed by atoms with Crippen LogP contribution in [0.25, 0.3) is 0 Å². The van der Waals surface area contributed by atoms with Gasteiger partial charge in [-0.2, -0.15) is 0 Å². The fraction of sp³-hybridized carbons (Fsp3) is 0.214. The molecule has 0 aliphatic heterocycles. The van der Waals surface area contributed by atoms with E-state index >= 15 is 0 Å². The molecule has 1 amide bonds. The van der Waals surface area contributed by atoms with Gasteiger partial charge in [-0.25, -0.2) is 0 Å². The lowest BCUT2D eigenvalue weighted by molar-refractivity contribution is -0.118. The van der Waals surface area contributed by atoms with Crippen LogP contribution in [0.1, 0.15) is 10.4 Å². The quantitative estimate of drug-likeness (QED) is 0.853. The Hall–Kier alpha value is -0.880. The van der Waals surface area contributed by atoms with Crippen LogP contribution in [-0.2, 0) is 27.9 Å². The Balaban J connectivity index is 1.82. The second-order valence-electron chi connectivity index (χ2n) is 4.32. The summed E-state index contributed by atoms with van der Waals surface area (Å²) >= 11 is 13.4. The standard InChI is InChI=1S/C14H13Cl2NO2S2/c15-11-4-3-10(13(16)6-11)8-21(19)9-14(18)17-7-12-2-1-5-20-12/h1-6H,7-9H2,(H,17,18). The molecule has 3 nitrogen and oxygen atoms in total. The van der Waals surface area contributed by atoms with Crippen LogP contribution in [0.4, 0.5) is 0 Å². The van der Waals surface area contributed by atoms with Crippen LogP contribution in [0.2, 0.25) is 10.0 Å². The topological polar surface area (TPSA) is 46.2 Å². The van der Waals surface area contributed by atoms with Crippen LogP contribution in [-0.4, -0.2) is 15.9 Å². The normalized spacial score (nSPS) is 12.1. The SMILES string of the molecule is O=C(CS(=O)Cc1ccc(Cl)cc1Cl)NCc1cccs1. The highest BCUT2D eigenvalue weighted by molar-refractivity contribution is 7.84. The zero-order valence-electron chi connectivity index (χ0n) is 11.0. The molecule has 112 valence electrons. The van der Waals surface area contributed by atoms with Crippen molar-refractivity contribution in [2.45, 2.75) is 12.3 Å². The van der Waals surface area contributed by atoms with E-state index in [0.717, 1.165) is 10.4 Å². The van der Waals surface area contributed by atoms with Crippen molar-refractivity contribution < 1.29 is 9.00 Å². The Kier molecular flexibility index (Phi) is 6.23. The van der Waals surface area contributed by atoms with Gasteiger partial charge < -0.3 is 5.32 Å². The summed E-state index contributed by atoms with van der Waals surface area (Å²) in [5, 5.41) is 5.69. The summed E-state index contributed by atoms with van der Waals surface area (Å²) in [6.07, 6.45) is 0. The molecule has 0 saturated carbocycles. The summed E-state index contributed by atoms with van der Waals surface area (Å²) in [7, 11) is -1.30. The second kappa shape index (κ2) is 7.94. The predicted octanol–water partition coefficient (Wildman–Crippen LogP) is 3.62. The molecule has 0 aliphatic rings. The molecule has 21 heavy (non-hydrogen) atoms. The van der Waals surface area contributed by atoms with Crippen molar-refractivity contribution in [3.8, 4) is 0 Å². The molecule has 0 aliphatic carbocycles. The first-order valence-corrected chi connectivity index (χ1v) is 9.25. The molecule has 0 fully saturated rings. The van der Waals surface area contributed by atoms with Crippen LogP contribution >= 0.6 is 34.5 Å². The van der Waals surface area contributed by atoms with E-state index in [2.05, 4.69) is 5.32 Å². The molecule has 0 saturated heterocycles. The Morgan fingerprint density at radius 3 is 2.76 bits per heavy atom. The van der Waals surface area contributed by atoms with Crippen LogP contribution in [0, 0.1) is 0 Å². The molecule has 1 atom stereocenters. The van der Waals surface area contributed by atoms with E-state index in [0.29, 0.717) is 16.6 Å². The van der Waals surface area contributed by atoms with Gasteiger partial charge in [-0.1, -0.05) is 35.3 Å². The third kappa shape index (κ3) is 5.43. The lowest BCUT2D eigenvalue weighted by Gasteiger charge is -2.06. The van der Waals surface area contributed by atoms with Crippen LogP contribution in [0.5, 0.6) is 0 Å². The molecule has 1 N–H and O–H groups in total. The van der Waals surface area contributed by atoms with Crippen molar-refractivity contribution in [2.24, 2.45) is 0 Å². The number of hydrogen-bond donors (Lipinski definition) is 1. The van der Waals surface area contributed by atoms with Gasteiger partial charge in [-0.3, -0.25) is 9.00 Å². The number of thiophene rings is 1. The van der Waals surface area contributed by atoms with Gasteiger partial charge in [0.1, 0.15) is 5.75 Å². The van der Waals surface area contributed by atoms with E-state index in [1.165, 1.54) is 0 Å². The Labute approximate surface area is 139 Å². The monoisotopic (exact) mass is 361 g/mol. The average Bonchev–Trinajstić information content (AvgIpc) is 2.93. The van der Waals surface area contributed by atoms with Gasteiger partial charge in [0.15, 0.2) is 0 Å². The number of hydrogen-bond acceptors (Lipinski definition) is 3. The summed E-state index contributed by atoms with van der Waals surface area (Å²) < 4.78 is 12.0. The number of nitrogens with one attached hydrogen (secondary N) is 1. The van der Waals surface area contributed by atoms with Gasteiger partial charge in [0.05, 0.1) is 12.3 Å². The molecule has 1 aromatic heterocycles. The largest absolute Gasteiger partial charge is 0.350 e. The van der Waals surface area contributed by atoms with Crippen molar-refractivity contribution in [3.63, 3.8) is 0 Å². The summed E-state index contributed by atoms with van der Waals surface area (Å²) in [5.74, 6) is -0.0287. The molecule has 0 radical (unpaired) electrons. The third-order valence-corrected chi connectivity index (χ3v) is 5.34. The van der Waals surface area contributed by atoms with Gasteiger partial charge in [-0.05, 0) is 29.1 Å². The first-order valence-electron chi connectivity index (χ1n) is 6.12. The minimum Gasteiger partial charge on any atom is -0.350 e. The molecule has 0 bridgehead atoms. The van der Waals surface area contributed by atoms with E-state index in [9.17, 15) is 9.00 Å². The minimum atomic E-state index is -1.30. The molecule has 7 heteroatoms. The van der Waals surface area contributed by atoms with E-state index in [1.54, 1.807) is 29.5 Å². The fourth-order valence-electron chi connectivity index (χ4n) is 1.66. The number of halogens is 2. The van der Waals surface area contributed by atoms with Gasteiger partial charge in [0, 0.05) is 25.7 Å². The molecular formula is C14H13Cl2NO2S2. The molecule has 1 unspecified atom stereocenters. The van der Waals surface area contributed by atoms with Crippen molar-refractivity contribution in [1.82, 2.24) is 5.32 Å². The Morgan fingerprint density at radius 1 is 1.29 bits per heavy atom. The highest BCUT2D eigenvalue weighted by Crippen LogP contribution is 2.22.